The highest BCUT2D eigenvalue weighted by Crippen LogP contribution is 2.25. The number of hydrazone groups is 1. The molecule has 2 aromatic carbocycles. The predicted molar refractivity (Wildman–Crippen MR) is 93.5 cm³/mol. The van der Waals surface area contributed by atoms with Crippen molar-refractivity contribution in [1.29, 1.82) is 0 Å². The van der Waals surface area contributed by atoms with Crippen LogP contribution in [-0.4, -0.2) is 20.3 Å². The number of anilines is 2. The lowest BCUT2D eigenvalue weighted by Crippen LogP contribution is -2.08. The van der Waals surface area contributed by atoms with Crippen LogP contribution in [0, 0.1) is 0 Å². The van der Waals surface area contributed by atoms with Gasteiger partial charge in [-0.15, -0.1) is 0 Å². The minimum Gasteiger partial charge on any atom is -0.378 e. The summed E-state index contributed by atoms with van der Waals surface area (Å²) in [4.78, 5) is 1.98. The van der Waals surface area contributed by atoms with Gasteiger partial charge in [-0.3, -0.25) is 5.43 Å². The van der Waals surface area contributed by atoms with Crippen LogP contribution in [0.5, 0.6) is 0 Å². The molecule has 0 atom stereocenters. The molecule has 3 nitrogen and oxygen atoms in total. The molecule has 0 unspecified atom stereocenters. The van der Waals surface area contributed by atoms with Gasteiger partial charge in [0.1, 0.15) is 0 Å². The summed E-state index contributed by atoms with van der Waals surface area (Å²) in [5.74, 6) is 0. The van der Waals surface area contributed by atoms with Gasteiger partial charge >= 0.3 is 0 Å². The van der Waals surface area contributed by atoms with Crippen molar-refractivity contribution < 1.29 is 0 Å². The van der Waals surface area contributed by atoms with Gasteiger partial charge in [-0.25, -0.2) is 0 Å². The lowest BCUT2D eigenvalue weighted by atomic mass is 10.2. The SMILES string of the molecule is CN(C)c1ccc(/C=N/Nc2cc(Cl)ccc2Cl)c(Cl)c1. The molecule has 0 spiro atoms. The number of halogens is 3. The van der Waals surface area contributed by atoms with Crippen molar-refractivity contribution in [2.45, 2.75) is 0 Å². The zero-order valence-corrected chi connectivity index (χ0v) is 13.8. The number of hydrogen-bond acceptors (Lipinski definition) is 3. The van der Waals surface area contributed by atoms with E-state index in [0.717, 1.165) is 11.3 Å². The van der Waals surface area contributed by atoms with Crippen molar-refractivity contribution >= 4 is 52.4 Å². The molecule has 0 aliphatic carbocycles. The van der Waals surface area contributed by atoms with Crippen LogP contribution in [0.1, 0.15) is 5.56 Å². The van der Waals surface area contributed by atoms with E-state index in [2.05, 4.69) is 10.5 Å². The third kappa shape index (κ3) is 4.27. The van der Waals surface area contributed by atoms with Gasteiger partial charge in [0.05, 0.1) is 21.9 Å². The van der Waals surface area contributed by atoms with E-state index in [4.69, 9.17) is 34.8 Å². The minimum atomic E-state index is 0.547. The van der Waals surface area contributed by atoms with Gasteiger partial charge in [-0.2, -0.15) is 5.10 Å². The topological polar surface area (TPSA) is 27.6 Å². The lowest BCUT2D eigenvalue weighted by Gasteiger charge is -2.13. The van der Waals surface area contributed by atoms with Crippen molar-refractivity contribution in [1.82, 2.24) is 0 Å². The lowest BCUT2D eigenvalue weighted by molar-refractivity contribution is 1.13. The zero-order valence-electron chi connectivity index (χ0n) is 11.6. The quantitative estimate of drug-likeness (QED) is 0.614. The van der Waals surface area contributed by atoms with Gasteiger partial charge < -0.3 is 4.90 Å². The first kappa shape index (κ1) is 16.0. The highest BCUT2D eigenvalue weighted by Gasteiger charge is 2.02. The van der Waals surface area contributed by atoms with Crippen LogP contribution in [0.15, 0.2) is 41.5 Å². The summed E-state index contributed by atoms with van der Waals surface area (Å²) in [5, 5.41) is 5.90. The first-order valence-corrected chi connectivity index (χ1v) is 7.32. The van der Waals surface area contributed by atoms with Crippen molar-refractivity contribution in [3.05, 3.63) is 57.0 Å². The summed E-state index contributed by atoms with van der Waals surface area (Å²) in [5.41, 5.74) is 5.33. The van der Waals surface area contributed by atoms with Crippen LogP contribution in [-0.2, 0) is 0 Å². The fourth-order valence-electron chi connectivity index (χ4n) is 1.65. The molecule has 110 valence electrons. The molecular weight excluding hydrogens is 329 g/mol. The van der Waals surface area contributed by atoms with E-state index in [9.17, 15) is 0 Å². The highest BCUT2D eigenvalue weighted by atomic mass is 35.5. The Morgan fingerprint density at radius 1 is 1.00 bits per heavy atom. The Kier molecular flexibility index (Phi) is 5.34. The Hall–Kier alpha value is -1.42. The Morgan fingerprint density at radius 3 is 2.43 bits per heavy atom. The second-order valence-electron chi connectivity index (χ2n) is 4.59. The molecule has 21 heavy (non-hydrogen) atoms. The normalized spacial score (nSPS) is 10.9. The van der Waals surface area contributed by atoms with E-state index in [1.807, 2.05) is 37.2 Å². The molecule has 0 saturated carbocycles. The molecule has 0 radical (unpaired) electrons. The molecule has 2 rings (SSSR count). The van der Waals surface area contributed by atoms with Gasteiger partial charge in [0.25, 0.3) is 0 Å². The Morgan fingerprint density at radius 2 is 1.76 bits per heavy atom. The average Bonchev–Trinajstić information content (AvgIpc) is 2.44. The Labute approximate surface area is 139 Å². The third-order valence-electron chi connectivity index (χ3n) is 2.82. The minimum absolute atomic E-state index is 0.547. The third-order valence-corrected chi connectivity index (χ3v) is 3.71. The summed E-state index contributed by atoms with van der Waals surface area (Å²) in [6.07, 6.45) is 1.64. The van der Waals surface area contributed by atoms with Crippen molar-refractivity contribution in [2.24, 2.45) is 5.10 Å². The van der Waals surface area contributed by atoms with Gasteiger partial charge in [0.2, 0.25) is 0 Å². The van der Waals surface area contributed by atoms with Crippen LogP contribution in [0.3, 0.4) is 0 Å². The summed E-state index contributed by atoms with van der Waals surface area (Å²) >= 11 is 18.2. The van der Waals surface area contributed by atoms with Crippen LogP contribution >= 0.6 is 34.8 Å². The molecule has 0 saturated heterocycles. The van der Waals surface area contributed by atoms with E-state index in [1.165, 1.54) is 0 Å². The summed E-state index contributed by atoms with van der Waals surface area (Å²) < 4.78 is 0. The van der Waals surface area contributed by atoms with E-state index in [1.54, 1.807) is 24.4 Å². The standard InChI is InChI=1S/C15H14Cl3N3/c1-21(2)12-5-3-10(14(18)8-12)9-19-20-15-7-11(16)4-6-13(15)17/h3-9,20H,1-2H3/b19-9+. The summed E-state index contributed by atoms with van der Waals surface area (Å²) in [6, 6.07) is 10.9. The van der Waals surface area contributed by atoms with Crippen LogP contribution < -0.4 is 10.3 Å². The molecule has 0 bridgehead atoms. The average molecular weight is 343 g/mol. The maximum absolute atomic E-state index is 6.22. The zero-order chi connectivity index (χ0) is 15.4. The number of nitrogens with zero attached hydrogens (tertiary/aromatic N) is 2. The molecule has 0 heterocycles. The van der Waals surface area contributed by atoms with E-state index in [0.29, 0.717) is 20.8 Å². The molecule has 1 N–H and O–H groups in total. The van der Waals surface area contributed by atoms with Crippen LogP contribution in [0.25, 0.3) is 0 Å². The second kappa shape index (κ2) is 7.03. The van der Waals surface area contributed by atoms with E-state index in [-0.39, 0.29) is 0 Å². The van der Waals surface area contributed by atoms with Crippen LogP contribution in [0.4, 0.5) is 11.4 Å². The van der Waals surface area contributed by atoms with Gasteiger partial charge in [0, 0.05) is 30.4 Å². The number of hydrogen-bond donors (Lipinski definition) is 1. The predicted octanol–water partition coefficient (Wildman–Crippen LogP) is 5.16. The van der Waals surface area contributed by atoms with Crippen molar-refractivity contribution in [3.63, 3.8) is 0 Å². The Bertz CT molecular complexity index is 669. The largest absolute Gasteiger partial charge is 0.378 e. The maximum Gasteiger partial charge on any atom is 0.0762 e. The molecule has 0 aliphatic rings. The molecule has 0 aromatic heterocycles. The number of benzene rings is 2. The van der Waals surface area contributed by atoms with E-state index < -0.39 is 0 Å². The smallest absolute Gasteiger partial charge is 0.0762 e. The molecule has 0 fully saturated rings. The molecule has 0 amide bonds. The molecule has 2 aromatic rings. The first-order chi connectivity index (χ1) is 9.97. The Balaban J connectivity index is 2.13. The van der Waals surface area contributed by atoms with Crippen LogP contribution in [0.2, 0.25) is 15.1 Å². The molecular formula is C15H14Cl3N3. The number of rotatable bonds is 4. The fraction of sp³-hybridized carbons (Fsp3) is 0.133. The van der Waals surface area contributed by atoms with Gasteiger partial charge in [-0.1, -0.05) is 34.8 Å². The second-order valence-corrected chi connectivity index (χ2v) is 5.85. The maximum atomic E-state index is 6.22. The number of nitrogens with one attached hydrogen (secondary N) is 1. The molecule has 6 heteroatoms. The fourth-order valence-corrected chi connectivity index (χ4v) is 2.21. The highest BCUT2D eigenvalue weighted by molar-refractivity contribution is 6.35. The monoisotopic (exact) mass is 341 g/mol. The first-order valence-electron chi connectivity index (χ1n) is 6.18. The summed E-state index contributed by atoms with van der Waals surface area (Å²) in [7, 11) is 3.92. The van der Waals surface area contributed by atoms with Gasteiger partial charge in [-0.05, 0) is 36.4 Å². The van der Waals surface area contributed by atoms with E-state index >= 15 is 0 Å². The summed E-state index contributed by atoms with van der Waals surface area (Å²) in [6.45, 7) is 0. The van der Waals surface area contributed by atoms with Crippen molar-refractivity contribution in [3.8, 4) is 0 Å². The molecule has 0 aliphatic heterocycles. The van der Waals surface area contributed by atoms with Crippen molar-refractivity contribution in [2.75, 3.05) is 24.4 Å². The van der Waals surface area contributed by atoms with Gasteiger partial charge in [0.15, 0.2) is 0 Å².